The fourth-order valence-corrected chi connectivity index (χ4v) is 0.848. The SMILES string of the molecule is [CH3-].[U+2].[c-]1ccc2ccoc2c1. The maximum atomic E-state index is 5.09. The number of benzene rings is 1. The molecule has 0 bridgehead atoms. The van der Waals surface area contributed by atoms with Crippen molar-refractivity contribution in [1.82, 2.24) is 0 Å². The Kier molecular flexibility index (Phi) is 4.56. The molecule has 1 nitrogen and oxygen atoms in total. The van der Waals surface area contributed by atoms with Crippen molar-refractivity contribution in [3.63, 3.8) is 0 Å². The zero-order chi connectivity index (χ0) is 6.10. The minimum atomic E-state index is 0. The van der Waals surface area contributed by atoms with Crippen LogP contribution < -0.4 is 0 Å². The van der Waals surface area contributed by atoms with Crippen LogP contribution in [0.15, 0.2) is 34.9 Å². The summed E-state index contributed by atoms with van der Waals surface area (Å²) in [6.07, 6.45) is 1.68. The van der Waals surface area contributed by atoms with Crippen molar-refractivity contribution < 1.29 is 35.5 Å². The van der Waals surface area contributed by atoms with Gasteiger partial charge in [0.15, 0.2) is 0 Å². The van der Waals surface area contributed by atoms with Gasteiger partial charge in [-0.2, -0.15) is 18.2 Å². The maximum absolute atomic E-state index is 5.09. The fraction of sp³-hybridized carbons (Fsp3) is 0. The van der Waals surface area contributed by atoms with Crippen LogP contribution in [0.25, 0.3) is 11.0 Å². The number of fused-ring (bicyclic) bond motifs is 1. The van der Waals surface area contributed by atoms with Crippen LogP contribution in [0.1, 0.15) is 0 Å². The first-order chi connectivity index (χ1) is 4.47. The van der Waals surface area contributed by atoms with Crippen molar-refractivity contribution in [2.45, 2.75) is 0 Å². The minimum Gasteiger partial charge on any atom is -0.523 e. The molecule has 0 atom stereocenters. The van der Waals surface area contributed by atoms with Crippen LogP contribution in [0.2, 0.25) is 0 Å². The van der Waals surface area contributed by atoms with Crippen LogP contribution in [0.5, 0.6) is 0 Å². The first kappa shape index (κ1) is 10.8. The largest absolute Gasteiger partial charge is 2.00 e. The molecule has 0 radical (unpaired) electrons. The second kappa shape index (κ2) is 4.64. The molecular weight excluding hydrogens is 362 g/mol. The zero-order valence-electron chi connectivity index (χ0n) is 6.29. The average molecular weight is 370 g/mol. The second-order valence-corrected chi connectivity index (χ2v) is 1.88. The summed E-state index contributed by atoms with van der Waals surface area (Å²) in [5, 5.41) is 1.13. The molecule has 0 amide bonds. The van der Waals surface area contributed by atoms with Crippen molar-refractivity contribution in [2.75, 3.05) is 0 Å². The Balaban J connectivity index is 0.000000500. The first-order valence-corrected chi connectivity index (χ1v) is 2.80. The third kappa shape index (κ3) is 2.12. The number of rotatable bonds is 0. The van der Waals surface area contributed by atoms with Crippen LogP contribution >= 0.6 is 0 Å². The van der Waals surface area contributed by atoms with Crippen molar-refractivity contribution in [3.8, 4) is 0 Å². The summed E-state index contributed by atoms with van der Waals surface area (Å²) in [4.78, 5) is 0. The van der Waals surface area contributed by atoms with Crippen LogP contribution in [-0.4, -0.2) is 0 Å². The summed E-state index contributed by atoms with van der Waals surface area (Å²) in [6, 6.07) is 10.5. The van der Waals surface area contributed by atoms with Gasteiger partial charge in [-0.15, -0.1) is 6.07 Å². The molecule has 1 aromatic heterocycles. The smallest absolute Gasteiger partial charge is 0.523 e. The van der Waals surface area contributed by atoms with E-state index in [1.807, 2.05) is 24.3 Å². The summed E-state index contributed by atoms with van der Waals surface area (Å²) in [6.45, 7) is 0. The Morgan fingerprint density at radius 3 is 2.82 bits per heavy atom. The van der Waals surface area contributed by atoms with Crippen molar-refractivity contribution in [1.29, 1.82) is 0 Å². The molecule has 0 fully saturated rings. The zero-order valence-corrected chi connectivity index (χ0v) is 10.5. The molecule has 0 saturated carbocycles. The van der Waals surface area contributed by atoms with Crippen LogP contribution in [0.3, 0.4) is 0 Å². The van der Waals surface area contributed by atoms with E-state index < -0.39 is 0 Å². The summed E-state index contributed by atoms with van der Waals surface area (Å²) in [5.41, 5.74) is 0.900. The maximum Gasteiger partial charge on any atom is 2.00 e. The Morgan fingerprint density at radius 2 is 2.09 bits per heavy atom. The van der Waals surface area contributed by atoms with Crippen molar-refractivity contribution in [2.24, 2.45) is 0 Å². The fourth-order valence-electron chi connectivity index (χ4n) is 0.848. The molecule has 2 rings (SSSR count). The Hall–Kier alpha value is -0.188. The molecule has 2 heteroatoms. The third-order valence-electron chi connectivity index (χ3n) is 1.30. The minimum absolute atomic E-state index is 0. The van der Waals surface area contributed by atoms with Crippen molar-refractivity contribution in [3.05, 3.63) is 44.0 Å². The van der Waals surface area contributed by atoms with Gasteiger partial charge in [0.05, 0.1) is 6.26 Å². The molecule has 11 heavy (non-hydrogen) atoms. The summed E-state index contributed by atoms with van der Waals surface area (Å²) in [7, 11) is 0. The van der Waals surface area contributed by atoms with E-state index in [9.17, 15) is 0 Å². The summed E-state index contributed by atoms with van der Waals surface area (Å²) in [5.74, 6) is 0. The number of hydrogen-bond donors (Lipinski definition) is 0. The molecule has 0 saturated heterocycles. The van der Waals surface area contributed by atoms with Gasteiger partial charge >= 0.3 is 31.1 Å². The topological polar surface area (TPSA) is 13.1 Å². The van der Waals surface area contributed by atoms with Crippen molar-refractivity contribution >= 4 is 11.0 Å². The molecule has 0 spiro atoms. The Morgan fingerprint density at radius 1 is 1.27 bits per heavy atom. The van der Waals surface area contributed by atoms with E-state index in [2.05, 4.69) is 6.07 Å². The molecule has 1 aromatic carbocycles. The van der Waals surface area contributed by atoms with Crippen LogP contribution in [0, 0.1) is 44.6 Å². The molecule has 2 aromatic rings. The van der Waals surface area contributed by atoms with Gasteiger partial charge in [-0.1, -0.05) is 5.39 Å². The monoisotopic (exact) mass is 370 g/mol. The van der Waals surface area contributed by atoms with E-state index in [4.69, 9.17) is 4.42 Å². The van der Waals surface area contributed by atoms with Crippen LogP contribution in [-0.2, 0) is 0 Å². The van der Waals surface area contributed by atoms with Crippen LogP contribution in [0.4, 0.5) is 0 Å². The van der Waals surface area contributed by atoms with Gasteiger partial charge < -0.3 is 11.8 Å². The van der Waals surface area contributed by atoms with E-state index >= 15 is 0 Å². The van der Waals surface area contributed by atoms with Gasteiger partial charge in [-0.3, -0.25) is 0 Å². The van der Waals surface area contributed by atoms with Gasteiger partial charge in [0.25, 0.3) is 0 Å². The second-order valence-electron chi connectivity index (χ2n) is 1.88. The van der Waals surface area contributed by atoms with Gasteiger partial charge in [-0.25, -0.2) is 0 Å². The summed E-state index contributed by atoms with van der Waals surface area (Å²) >= 11 is 0. The van der Waals surface area contributed by atoms with Gasteiger partial charge in [-0.05, 0) is 6.07 Å². The normalized spacial score (nSPS) is 8.36. The van der Waals surface area contributed by atoms with E-state index in [0.29, 0.717) is 0 Å². The Labute approximate surface area is 90.2 Å². The standard InChI is InChI=1S/C8H5O.CH3.U/c1-2-4-8-7(3-1)5-6-9-8;;/h1,3-6H;1H3;/q2*-1;+2. The first-order valence-electron chi connectivity index (χ1n) is 2.80. The quantitative estimate of drug-likeness (QED) is 0.650. The van der Waals surface area contributed by atoms with Gasteiger partial charge in [0.1, 0.15) is 0 Å². The third-order valence-corrected chi connectivity index (χ3v) is 1.30. The summed E-state index contributed by atoms with van der Waals surface area (Å²) < 4.78 is 5.09. The van der Waals surface area contributed by atoms with E-state index in [-0.39, 0.29) is 38.5 Å². The molecule has 0 unspecified atom stereocenters. The van der Waals surface area contributed by atoms with Gasteiger partial charge in [0.2, 0.25) is 0 Å². The number of furan rings is 1. The molecule has 1 heterocycles. The molecule has 0 aliphatic carbocycles. The van der Waals surface area contributed by atoms with E-state index in [1.165, 1.54) is 0 Å². The molecule has 54 valence electrons. The van der Waals surface area contributed by atoms with Gasteiger partial charge in [0, 0.05) is 5.58 Å². The van der Waals surface area contributed by atoms with E-state index in [0.717, 1.165) is 11.0 Å². The molecule has 0 aliphatic heterocycles. The predicted molar refractivity (Wildman–Crippen MR) is 41.5 cm³/mol. The predicted octanol–water partition coefficient (Wildman–Crippen LogP) is 2.68. The average Bonchev–Trinajstić information content (AvgIpc) is 2.33. The molecular formula is C9H8OU. The molecule has 0 N–H and O–H groups in total. The van der Waals surface area contributed by atoms with E-state index in [1.54, 1.807) is 6.26 Å². The number of hydrogen-bond acceptors (Lipinski definition) is 1. The molecule has 0 aliphatic rings. The Bertz CT molecular complexity index is 284.